The van der Waals surface area contributed by atoms with E-state index in [0.29, 0.717) is 5.56 Å². The third-order valence-corrected chi connectivity index (χ3v) is 4.51. The Morgan fingerprint density at radius 3 is 2.70 bits per heavy atom. The molecule has 106 valence electrons. The number of hydrogen-bond donors (Lipinski definition) is 1. The second kappa shape index (κ2) is 5.87. The van der Waals surface area contributed by atoms with Crippen molar-refractivity contribution in [2.75, 3.05) is 0 Å². The van der Waals surface area contributed by atoms with Crippen LogP contribution in [0.15, 0.2) is 47.6 Å². The first-order chi connectivity index (χ1) is 9.40. The maximum Gasteiger partial charge on any atom is 0.244 e. The average molecular weight is 315 g/mol. The summed E-state index contributed by atoms with van der Waals surface area (Å²) in [5.74, 6) is -0.886. The number of benzene rings is 1. The summed E-state index contributed by atoms with van der Waals surface area (Å²) in [5.41, 5.74) is 0.686. The molecule has 0 radical (unpaired) electrons. The largest absolute Gasteiger partial charge is 0.264 e. The Morgan fingerprint density at radius 1 is 1.35 bits per heavy atom. The monoisotopic (exact) mass is 314 g/mol. The first-order valence-corrected chi connectivity index (χ1v) is 7.63. The highest BCUT2D eigenvalue weighted by atomic mass is 35.5. The fraction of sp³-hybridized carbons (Fsp3) is 0.154. The summed E-state index contributed by atoms with van der Waals surface area (Å²) < 4.78 is 40.3. The van der Waals surface area contributed by atoms with E-state index in [9.17, 15) is 12.8 Å². The second-order valence-corrected chi connectivity index (χ2v) is 6.32. The zero-order valence-corrected chi connectivity index (χ0v) is 12.1. The minimum absolute atomic E-state index is 0.141. The number of nitrogens with one attached hydrogen (secondary N) is 1. The molecule has 1 aromatic heterocycles. The highest BCUT2D eigenvalue weighted by Gasteiger charge is 2.22. The van der Waals surface area contributed by atoms with Crippen LogP contribution in [0.25, 0.3) is 0 Å². The van der Waals surface area contributed by atoms with E-state index in [2.05, 4.69) is 9.71 Å². The smallest absolute Gasteiger partial charge is 0.244 e. The van der Waals surface area contributed by atoms with Crippen molar-refractivity contribution in [2.24, 2.45) is 0 Å². The molecule has 20 heavy (non-hydrogen) atoms. The Morgan fingerprint density at radius 2 is 2.10 bits per heavy atom. The van der Waals surface area contributed by atoms with E-state index in [4.69, 9.17) is 11.6 Å². The standard InChI is InChI=1S/C13H12ClFN2O2S/c1-9(10-3-2-6-16-8-10)17-20(18,19)13-5-4-11(14)7-12(13)15/h2-9,17H,1H3/t9-/m1/s1. The van der Waals surface area contributed by atoms with Crippen LogP contribution in [-0.4, -0.2) is 13.4 Å². The highest BCUT2D eigenvalue weighted by molar-refractivity contribution is 7.89. The Bertz CT molecular complexity index is 708. The molecule has 1 heterocycles. The van der Waals surface area contributed by atoms with Gasteiger partial charge in [-0.1, -0.05) is 17.7 Å². The molecule has 1 N–H and O–H groups in total. The molecule has 0 spiro atoms. The van der Waals surface area contributed by atoms with E-state index in [1.807, 2.05) is 0 Å². The van der Waals surface area contributed by atoms with Gasteiger partial charge in [-0.2, -0.15) is 0 Å². The summed E-state index contributed by atoms with van der Waals surface area (Å²) >= 11 is 5.61. The van der Waals surface area contributed by atoms with Crippen LogP contribution >= 0.6 is 11.6 Å². The van der Waals surface area contributed by atoms with Crippen LogP contribution in [0.2, 0.25) is 5.02 Å². The first kappa shape index (κ1) is 14.9. The van der Waals surface area contributed by atoms with Crippen molar-refractivity contribution in [1.29, 1.82) is 0 Å². The van der Waals surface area contributed by atoms with Crippen LogP contribution in [0.4, 0.5) is 4.39 Å². The van der Waals surface area contributed by atoms with Crippen LogP contribution in [0.3, 0.4) is 0 Å². The Labute approximate surface area is 121 Å². The average Bonchev–Trinajstić information content (AvgIpc) is 2.38. The molecule has 0 amide bonds. The normalized spacial score (nSPS) is 13.2. The topological polar surface area (TPSA) is 59.1 Å². The van der Waals surface area contributed by atoms with Crippen molar-refractivity contribution in [1.82, 2.24) is 9.71 Å². The molecule has 1 atom stereocenters. The van der Waals surface area contributed by atoms with Crippen molar-refractivity contribution in [2.45, 2.75) is 17.9 Å². The summed E-state index contributed by atoms with van der Waals surface area (Å²) in [7, 11) is -3.97. The number of pyridine rings is 1. The van der Waals surface area contributed by atoms with E-state index >= 15 is 0 Å². The van der Waals surface area contributed by atoms with Gasteiger partial charge in [-0.05, 0) is 36.8 Å². The molecule has 2 aromatic rings. The van der Waals surface area contributed by atoms with Gasteiger partial charge >= 0.3 is 0 Å². The quantitative estimate of drug-likeness (QED) is 0.944. The molecule has 2 rings (SSSR count). The van der Waals surface area contributed by atoms with Crippen molar-refractivity contribution in [3.05, 3.63) is 59.1 Å². The molecule has 1 aromatic carbocycles. The van der Waals surface area contributed by atoms with E-state index in [-0.39, 0.29) is 5.02 Å². The molecule has 0 aliphatic rings. The van der Waals surface area contributed by atoms with Crippen LogP contribution in [0.1, 0.15) is 18.5 Å². The number of hydrogen-bond acceptors (Lipinski definition) is 3. The Kier molecular flexibility index (Phi) is 4.37. The van der Waals surface area contributed by atoms with Gasteiger partial charge in [0.1, 0.15) is 10.7 Å². The van der Waals surface area contributed by atoms with Crippen molar-refractivity contribution in [3.8, 4) is 0 Å². The van der Waals surface area contributed by atoms with Crippen LogP contribution < -0.4 is 4.72 Å². The summed E-state index contributed by atoms with van der Waals surface area (Å²) in [6.45, 7) is 1.66. The van der Waals surface area contributed by atoms with E-state index < -0.39 is 26.8 Å². The van der Waals surface area contributed by atoms with Crippen molar-refractivity contribution < 1.29 is 12.8 Å². The minimum Gasteiger partial charge on any atom is -0.264 e. The second-order valence-electron chi connectivity index (χ2n) is 4.20. The fourth-order valence-corrected chi connectivity index (χ4v) is 3.14. The third-order valence-electron chi connectivity index (χ3n) is 2.70. The lowest BCUT2D eigenvalue weighted by Crippen LogP contribution is -2.27. The van der Waals surface area contributed by atoms with Gasteiger partial charge in [0, 0.05) is 23.5 Å². The predicted octanol–water partition coefficient (Wildman–Crippen LogP) is 2.91. The minimum atomic E-state index is -3.97. The molecule has 0 aliphatic heterocycles. The van der Waals surface area contributed by atoms with Gasteiger partial charge in [-0.25, -0.2) is 17.5 Å². The van der Waals surface area contributed by atoms with E-state index in [1.54, 1.807) is 31.5 Å². The lowest BCUT2D eigenvalue weighted by atomic mass is 10.2. The zero-order chi connectivity index (χ0) is 14.8. The lowest BCUT2D eigenvalue weighted by Gasteiger charge is -2.14. The van der Waals surface area contributed by atoms with Gasteiger partial charge < -0.3 is 0 Å². The van der Waals surface area contributed by atoms with E-state index in [1.165, 1.54) is 6.07 Å². The summed E-state index contributed by atoms with van der Waals surface area (Å²) in [6.07, 6.45) is 3.13. The number of rotatable bonds is 4. The number of aromatic nitrogens is 1. The van der Waals surface area contributed by atoms with Gasteiger partial charge in [0.2, 0.25) is 10.0 Å². The zero-order valence-electron chi connectivity index (χ0n) is 10.5. The van der Waals surface area contributed by atoms with Gasteiger partial charge in [-0.15, -0.1) is 0 Å². The highest BCUT2D eigenvalue weighted by Crippen LogP contribution is 2.21. The van der Waals surface area contributed by atoms with E-state index in [0.717, 1.165) is 12.1 Å². The summed E-state index contributed by atoms with van der Waals surface area (Å²) in [5, 5.41) is 0.141. The molecule has 4 nitrogen and oxygen atoms in total. The van der Waals surface area contributed by atoms with Crippen LogP contribution in [-0.2, 0) is 10.0 Å². The molecule has 0 saturated carbocycles. The van der Waals surface area contributed by atoms with Gasteiger partial charge in [0.05, 0.1) is 0 Å². The number of halogens is 2. The molecule has 0 aliphatic carbocycles. The maximum atomic E-state index is 13.7. The molecule has 0 unspecified atom stereocenters. The fourth-order valence-electron chi connectivity index (χ4n) is 1.69. The van der Waals surface area contributed by atoms with Crippen molar-refractivity contribution >= 4 is 21.6 Å². The van der Waals surface area contributed by atoms with Gasteiger partial charge in [0.25, 0.3) is 0 Å². The predicted molar refractivity (Wildman–Crippen MR) is 74.4 cm³/mol. The molecule has 7 heteroatoms. The first-order valence-electron chi connectivity index (χ1n) is 5.77. The SMILES string of the molecule is C[C@@H](NS(=O)(=O)c1ccc(Cl)cc1F)c1cccnc1. The molecule has 0 saturated heterocycles. The summed E-state index contributed by atoms with van der Waals surface area (Å²) in [4.78, 5) is 3.48. The Balaban J connectivity index is 2.28. The van der Waals surface area contributed by atoms with Gasteiger partial charge in [0.15, 0.2) is 0 Å². The third kappa shape index (κ3) is 3.33. The lowest BCUT2D eigenvalue weighted by molar-refractivity contribution is 0.547. The van der Waals surface area contributed by atoms with Gasteiger partial charge in [-0.3, -0.25) is 4.98 Å². The molecule has 0 bridgehead atoms. The van der Waals surface area contributed by atoms with Crippen molar-refractivity contribution in [3.63, 3.8) is 0 Å². The maximum absolute atomic E-state index is 13.7. The van der Waals surface area contributed by atoms with Crippen LogP contribution in [0, 0.1) is 5.82 Å². The Hall–Kier alpha value is -1.50. The molecular weight excluding hydrogens is 303 g/mol. The number of sulfonamides is 1. The molecule has 0 fully saturated rings. The molecular formula is C13H12ClFN2O2S. The summed E-state index contributed by atoms with van der Waals surface area (Å²) in [6, 6.07) is 6.33. The van der Waals surface area contributed by atoms with Crippen LogP contribution in [0.5, 0.6) is 0 Å². The number of nitrogens with zero attached hydrogens (tertiary/aromatic N) is 1.